The Kier molecular flexibility index (Phi) is 3.19. The molecule has 1 heterocycles. The van der Waals surface area contributed by atoms with E-state index in [1.54, 1.807) is 0 Å². The number of benzene rings is 1. The van der Waals surface area contributed by atoms with Crippen LogP contribution in [0.4, 0.5) is 5.69 Å². The summed E-state index contributed by atoms with van der Waals surface area (Å²) >= 11 is 0. The Balaban J connectivity index is 2.19. The van der Waals surface area contributed by atoms with Gasteiger partial charge in [0.1, 0.15) is 0 Å². The molecule has 0 spiro atoms. The van der Waals surface area contributed by atoms with Gasteiger partial charge in [-0.1, -0.05) is 6.92 Å². The molecule has 0 fully saturated rings. The molecule has 1 aliphatic heterocycles. The lowest BCUT2D eigenvalue weighted by Crippen LogP contribution is -2.02. The highest BCUT2D eigenvalue weighted by atomic mass is 16.7. The van der Waals surface area contributed by atoms with Crippen molar-refractivity contribution in [2.45, 2.75) is 26.4 Å². The van der Waals surface area contributed by atoms with E-state index in [9.17, 15) is 0 Å². The van der Waals surface area contributed by atoms with Crippen molar-refractivity contribution in [3.63, 3.8) is 0 Å². The van der Waals surface area contributed by atoms with Crippen LogP contribution in [0.25, 0.3) is 0 Å². The van der Waals surface area contributed by atoms with Crippen LogP contribution in [0.3, 0.4) is 0 Å². The van der Waals surface area contributed by atoms with Crippen LogP contribution in [-0.2, 0) is 4.74 Å². The number of ether oxygens (including phenoxy) is 3. The second kappa shape index (κ2) is 4.61. The van der Waals surface area contributed by atoms with Crippen LogP contribution in [0.1, 0.15) is 31.9 Å². The van der Waals surface area contributed by atoms with Crippen molar-refractivity contribution in [1.29, 1.82) is 0 Å². The number of fused-ring (bicyclic) bond motifs is 1. The van der Waals surface area contributed by atoms with Gasteiger partial charge in [0.25, 0.3) is 0 Å². The maximum Gasteiger partial charge on any atom is 0.231 e. The van der Waals surface area contributed by atoms with Gasteiger partial charge in [-0.05, 0) is 31.0 Å². The molecule has 4 heteroatoms. The first-order chi connectivity index (χ1) is 7.72. The third-order valence-electron chi connectivity index (χ3n) is 2.56. The molecule has 4 nitrogen and oxygen atoms in total. The first-order valence-electron chi connectivity index (χ1n) is 5.53. The third-order valence-corrected chi connectivity index (χ3v) is 2.56. The minimum Gasteiger partial charge on any atom is -0.453 e. The molecule has 0 bridgehead atoms. The SMILES string of the molecule is CCCOC(C)c1cc(N)c2c(c1)OCO2. The minimum absolute atomic E-state index is 0.0248. The molecule has 0 saturated heterocycles. The van der Waals surface area contributed by atoms with Crippen molar-refractivity contribution in [1.82, 2.24) is 0 Å². The number of nitrogens with two attached hydrogens (primary N) is 1. The zero-order valence-corrected chi connectivity index (χ0v) is 9.66. The maximum atomic E-state index is 5.88. The van der Waals surface area contributed by atoms with Gasteiger partial charge in [-0.3, -0.25) is 0 Å². The van der Waals surface area contributed by atoms with E-state index in [0.717, 1.165) is 18.6 Å². The fourth-order valence-electron chi connectivity index (χ4n) is 1.69. The van der Waals surface area contributed by atoms with E-state index < -0.39 is 0 Å². The predicted molar refractivity (Wildman–Crippen MR) is 61.6 cm³/mol. The number of anilines is 1. The van der Waals surface area contributed by atoms with Gasteiger partial charge in [-0.2, -0.15) is 0 Å². The lowest BCUT2D eigenvalue weighted by atomic mass is 10.1. The molecule has 1 aromatic carbocycles. The first kappa shape index (κ1) is 11.1. The lowest BCUT2D eigenvalue weighted by Gasteiger charge is -2.14. The summed E-state index contributed by atoms with van der Waals surface area (Å²) < 4.78 is 16.2. The van der Waals surface area contributed by atoms with Gasteiger partial charge in [0.15, 0.2) is 11.5 Å². The van der Waals surface area contributed by atoms with Crippen molar-refractivity contribution in [2.75, 3.05) is 19.1 Å². The standard InChI is InChI=1S/C12H17NO3/c1-3-4-14-8(2)9-5-10(13)12-11(6-9)15-7-16-12/h5-6,8H,3-4,7,13H2,1-2H3. The van der Waals surface area contributed by atoms with Gasteiger partial charge in [-0.25, -0.2) is 0 Å². The average Bonchev–Trinajstić information content (AvgIpc) is 2.74. The molecule has 2 rings (SSSR count). The monoisotopic (exact) mass is 223 g/mol. The zero-order chi connectivity index (χ0) is 11.5. The summed E-state index contributed by atoms with van der Waals surface area (Å²) in [7, 11) is 0. The molecule has 0 aromatic heterocycles. The second-order valence-electron chi connectivity index (χ2n) is 3.86. The molecular weight excluding hydrogens is 206 g/mol. The number of hydrogen-bond donors (Lipinski definition) is 1. The van der Waals surface area contributed by atoms with Crippen molar-refractivity contribution < 1.29 is 14.2 Å². The molecule has 16 heavy (non-hydrogen) atoms. The summed E-state index contributed by atoms with van der Waals surface area (Å²) in [5.74, 6) is 1.35. The van der Waals surface area contributed by atoms with Crippen LogP contribution in [-0.4, -0.2) is 13.4 Å². The molecule has 0 saturated carbocycles. The highest BCUT2D eigenvalue weighted by Crippen LogP contribution is 2.40. The molecule has 0 aliphatic carbocycles. The van der Waals surface area contributed by atoms with Crippen molar-refractivity contribution in [3.05, 3.63) is 17.7 Å². The van der Waals surface area contributed by atoms with E-state index >= 15 is 0 Å². The van der Waals surface area contributed by atoms with Crippen LogP contribution < -0.4 is 15.2 Å². The summed E-state index contributed by atoms with van der Waals surface area (Å²) in [6.45, 7) is 5.08. The molecule has 0 radical (unpaired) electrons. The number of rotatable bonds is 4. The van der Waals surface area contributed by atoms with E-state index in [2.05, 4.69) is 6.92 Å². The van der Waals surface area contributed by atoms with Gasteiger partial charge in [-0.15, -0.1) is 0 Å². The highest BCUT2D eigenvalue weighted by molar-refractivity contribution is 5.63. The second-order valence-corrected chi connectivity index (χ2v) is 3.86. The van der Waals surface area contributed by atoms with Crippen LogP contribution >= 0.6 is 0 Å². The summed E-state index contributed by atoms with van der Waals surface area (Å²) in [6.07, 6.45) is 1.03. The Bertz CT molecular complexity index is 379. The molecule has 88 valence electrons. The van der Waals surface area contributed by atoms with E-state index in [4.69, 9.17) is 19.9 Å². The van der Waals surface area contributed by atoms with Gasteiger partial charge < -0.3 is 19.9 Å². The van der Waals surface area contributed by atoms with Crippen LogP contribution in [0, 0.1) is 0 Å². The lowest BCUT2D eigenvalue weighted by molar-refractivity contribution is 0.0661. The molecule has 1 atom stereocenters. The van der Waals surface area contributed by atoms with Crippen molar-refractivity contribution >= 4 is 5.69 Å². The van der Waals surface area contributed by atoms with Crippen molar-refractivity contribution in [2.24, 2.45) is 0 Å². The van der Waals surface area contributed by atoms with Gasteiger partial charge in [0.05, 0.1) is 11.8 Å². The Hall–Kier alpha value is -1.42. The van der Waals surface area contributed by atoms with Crippen LogP contribution in [0.5, 0.6) is 11.5 Å². The molecule has 0 amide bonds. The van der Waals surface area contributed by atoms with Crippen molar-refractivity contribution in [3.8, 4) is 11.5 Å². The average molecular weight is 223 g/mol. The summed E-state index contributed by atoms with van der Waals surface area (Å²) in [6, 6.07) is 3.81. The Labute approximate surface area is 95.3 Å². The van der Waals surface area contributed by atoms with E-state index in [1.807, 2.05) is 19.1 Å². The predicted octanol–water partition coefficient (Wildman–Crippen LogP) is 2.49. The molecule has 2 N–H and O–H groups in total. The number of nitrogen functional groups attached to an aromatic ring is 1. The Morgan fingerprint density at radius 1 is 1.44 bits per heavy atom. The fraction of sp³-hybridized carbons (Fsp3) is 0.500. The largest absolute Gasteiger partial charge is 0.453 e. The first-order valence-corrected chi connectivity index (χ1v) is 5.53. The molecular formula is C12H17NO3. The van der Waals surface area contributed by atoms with Gasteiger partial charge in [0, 0.05) is 6.61 Å². The smallest absolute Gasteiger partial charge is 0.231 e. The molecule has 1 unspecified atom stereocenters. The van der Waals surface area contributed by atoms with Crippen LogP contribution in [0.15, 0.2) is 12.1 Å². The van der Waals surface area contributed by atoms with E-state index in [-0.39, 0.29) is 12.9 Å². The quantitative estimate of drug-likeness (QED) is 0.797. The molecule has 1 aromatic rings. The third kappa shape index (κ3) is 2.07. The zero-order valence-electron chi connectivity index (χ0n) is 9.66. The van der Waals surface area contributed by atoms with Gasteiger partial charge in [0.2, 0.25) is 6.79 Å². The topological polar surface area (TPSA) is 53.7 Å². The molecule has 1 aliphatic rings. The van der Waals surface area contributed by atoms with E-state index in [1.165, 1.54) is 0 Å². The fourth-order valence-corrected chi connectivity index (χ4v) is 1.69. The normalized spacial score (nSPS) is 15.1. The summed E-state index contributed by atoms with van der Waals surface area (Å²) in [5.41, 5.74) is 7.51. The Morgan fingerprint density at radius 2 is 2.25 bits per heavy atom. The van der Waals surface area contributed by atoms with E-state index in [0.29, 0.717) is 17.2 Å². The summed E-state index contributed by atoms with van der Waals surface area (Å²) in [4.78, 5) is 0. The number of hydrogen-bond acceptors (Lipinski definition) is 4. The van der Waals surface area contributed by atoms with Crippen LogP contribution in [0.2, 0.25) is 0 Å². The summed E-state index contributed by atoms with van der Waals surface area (Å²) in [5, 5.41) is 0. The Morgan fingerprint density at radius 3 is 3.00 bits per heavy atom. The maximum absolute atomic E-state index is 5.88. The van der Waals surface area contributed by atoms with Gasteiger partial charge >= 0.3 is 0 Å². The highest BCUT2D eigenvalue weighted by Gasteiger charge is 2.19. The minimum atomic E-state index is 0.0248.